The standard InChI is InChI=1S/C35H41N3O8S/c1-3-18-35(19-17-24-9-6-5-7-10-24)21-29(39)33(34(43)46-35)28(4-2)26-11-8-12-27(20-26)38-47(44,45)31-15-13-25(23-37-31)22-36-30(40)14-16-32(41)42/h5-13,15,20,23,28,38-39H,3-4,14,16-19,21-22H2,1-2H3,(H,36,40)(H,41,42)/t28-,35-/m1/s1. The van der Waals surface area contributed by atoms with Gasteiger partial charge in [-0.05, 0) is 60.6 Å². The smallest absolute Gasteiger partial charge is 0.338 e. The minimum absolute atomic E-state index is 0.00274. The molecular weight excluding hydrogens is 622 g/mol. The van der Waals surface area contributed by atoms with E-state index in [1.807, 2.05) is 44.2 Å². The zero-order chi connectivity index (χ0) is 34.0. The summed E-state index contributed by atoms with van der Waals surface area (Å²) in [7, 11) is -4.09. The summed E-state index contributed by atoms with van der Waals surface area (Å²) in [5, 5.41) is 22.3. The highest BCUT2D eigenvalue weighted by Gasteiger charge is 2.43. The lowest BCUT2D eigenvalue weighted by molar-refractivity contribution is -0.161. The molecule has 2 heterocycles. The van der Waals surface area contributed by atoms with E-state index in [4.69, 9.17) is 9.84 Å². The number of aliphatic hydroxyl groups is 1. The maximum Gasteiger partial charge on any atom is 0.338 e. The zero-order valence-electron chi connectivity index (χ0n) is 26.6. The molecule has 2 atom stereocenters. The molecule has 1 amide bonds. The lowest BCUT2D eigenvalue weighted by Crippen LogP contribution is -2.41. The molecule has 0 unspecified atom stereocenters. The third-order valence-corrected chi connectivity index (χ3v) is 9.47. The highest BCUT2D eigenvalue weighted by atomic mass is 32.2. The lowest BCUT2D eigenvalue weighted by Gasteiger charge is -2.38. The number of aliphatic hydroxyl groups excluding tert-OH is 1. The quantitative estimate of drug-likeness (QED) is 0.139. The third kappa shape index (κ3) is 9.41. The number of cyclic esters (lactones) is 1. The molecule has 2 aromatic carbocycles. The van der Waals surface area contributed by atoms with Gasteiger partial charge in [0.15, 0.2) is 5.03 Å². The SMILES string of the molecule is CCC[C@@]1(CCc2ccccc2)CC(O)=C([C@H](CC)c2cccc(NS(=O)(=O)c3ccc(CNC(=O)CCC(=O)O)cn3)c2)C(=O)O1. The van der Waals surface area contributed by atoms with Crippen LogP contribution in [0.5, 0.6) is 0 Å². The van der Waals surface area contributed by atoms with Crippen molar-refractivity contribution < 1.29 is 37.8 Å². The van der Waals surface area contributed by atoms with Gasteiger partial charge in [0.25, 0.3) is 10.0 Å². The second-order valence-electron chi connectivity index (χ2n) is 11.7. The number of carbonyl (C=O) groups excluding carboxylic acids is 2. The second kappa shape index (κ2) is 15.7. The molecule has 250 valence electrons. The average Bonchev–Trinajstić information content (AvgIpc) is 3.04. The number of hydrogen-bond acceptors (Lipinski definition) is 8. The largest absolute Gasteiger partial charge is 0.512 e. The maximum absolute atomic E-state index is 13.5. The van der Waals surface area contributed by atoms with Crippen molar-refractivity contribution >= 4 is 33.6 Å². The van der Waals surface area contributed by atoms with Gasteiger partial charge < -0.3 is 20.3 Å². The number of hydrogen-bond donors (Lipinski definition) is 4. The number of amides is 1. The van der Waals surface area contributed by atoms with E-state index in [1.165, 1.54) is 18.3 Å². The number of benzene rings is 2. The van der Waals surface area contributed by atoms with E-state index in [0.717, 1.165) is 12.0 Å². The summed E-state index contributed by atoms with van der Waals surface area (Å²) in [4.78, 5) is 40.0. The van der Waals surface area contributed by atoms with Crippen LogP contribution in [0.15, 0.2) is 89.3 Å². The molecule has 1 aliphatic rings. The number of sulfonamides is 1. The number of nitrogens with one attached hydrogen (secondary N) is 2. The Kier molecular flexibility index (Phi) is 11.8. The number of aliphatic carboxylic acids is 1. The fraction of sp³-hybridized carbons (Fsp3) is 0.371. The van der Waals surface area contributed by atoms with E-state index >= 15 is 0 Å². The summed E-state index contributed by atoms with van der Waals surface area (Å²) in [6.07, 6.45) is 4.24. The number of esters is 1. The molecule has 0 spiro atoms. The van der Waals surface area contributed by atoms with Gasteiger partial charge in [0, 0.05) is 37.2 Å². The van der Waals surface area contributed by atoms with Gasteiger partial charge in [0.2, 0.25) is 5.91 Å². The molecule has 1 aromatic heterocycles. The Labute approximate surface area is 275 Å². The zero-order valence-corrected chi connectivity index (χ0v) is 27.4. The molecule has 0 fully saturated rings. The van der Waals surface area contributed by atoms with Crippen LogP contribution in [0, 0.1) is 0 Å². The highest BCUT2D eigenvalue weighted by Crippen LogP contribution is 2.42. The average molecular weight is 664 g/mol. The number of aromatic nitrogens is 1. The van der Waals surface area contributed by atoms with E-state index in [-0.39, 0.29) is 47.9 Å². The Morgan fingerprint density at radius 1 is 1.00 bits per heavy atom. The number of pyridine rings is 1. The molecule has 47 heavy (non-hydrogen) atoms. The van der Waals surface area contributed by atoms with E-state index in [0.29, 0.717) is 36.8 Å². The summed E-state index contributed by atoms with van der Waals surface area (Å²) in [5.41, 5.74) is 1.94. The van der Waals surface area contributed by atoms with Crippen molar-refractivity contribution in [3.63, 3.8) is 0 Å². The Balaban J connectivity index is 1.47. The van der Waals surface area contributed by atoms with Crippen LogP contribution >= 0.6 is 0 Å². The summed E-state index contributed by atoms with van der Waals surface area (Å²) in [6.45, 7) is 3.97. The molecule has 0 saturated heterocycles. The highest BCUT2D eigenvalue weighted by molar-refractivity contribution is 7.92. The molecule has 4 rings (SSSR count). The van der Waals surface area contributed by atoms with Crippen LogP contribution < -0.4 is 10.0 Å². The van der Waals surface area contributed by atoms with Gasteiger partial charge in [-0.3, -0.25) is 14.3 Å². The van der Waals surface area contributed by atoms with Gasteiger partial charge in [-0.2, -0.15) is 8.42 Å². The van der Waals surface area contributed by atoms with Crippen molar-refractivity contribution in [1.82, 2.24) is 10.3 Å². The minimum Gasteiger partial charge on any atom is -0.512 e. The van der Waals surface area contributed by atoms with Crippen LogP contribution in [-0.4, -0.2) is 47.1 Å². The number of ether oxygens (including phenoxy) is 1. The fourth-order valence-electron chi connectivity index (χ4n) is 5.84. The van der Waals surface area contributed by atoms with Crippen molar-refractivity contribution in [1.29, 1.82) is 0 Å². The van der Waals surface area contributed by atoms with E-state index in [1.54, 1.807) is 24.3 Å². The number of anilines is 1. The molecule has 0 bridgehead atoms. The molecule has 4 N–H and O–H groups in total. The first-order valence-electron chi connectivity index (χ1n) is 15.7. The molecule has 12 heteroatoms. The number of aryl methyl sites for hydroxylation is 1. The molecule has 0 radical (unpaired) electrons. The van der Waals surface area contributed by atoms with Gasteiger partial charge in [0.05, 0.1) is 12.0 Å². The van der Waals surface area contributed by atoms with Crippen LogP contribution in [0.3, 0.4) is 0 Å². The second-order valence-corrected chi connectivity index (χ2v) is 13.3. The van der Waals surface area contributed by atoms with E-state index in [2.05, 4.69) is 15.0 Å². The third-order valence-electron chi connectivity index (χ3n) is 8.17. The van der Waals surface area contributed by atoms with Gasteiger partial charge in [-0.1, -0.05) is 68.8 Å². The van der Waals surface area contributed by atoms with Gasteiger partial charge in [0.1, 0.15) is 11.4 Å². The first-order valence-corrected chi connectivity index (χ1v) is 17.2. The summed E-state index contributed by atoms with van der Waals surface area (Å²) in [6, 6.07) is 19.4. The molecular formula is C35H41N3O8S. The number of nitrogens with zero attached hydrogens (tertiary/aromatic N) is 1. The molecule has 3 aromatic rings. The van der Waals surface area contributed by atoms with Crippen LogP contribution in [0.1, 0.15) is 81.4 Å². The first kappa shape index (κ1) is 35.1. The van der Waals surface area contributed by atoms with Crippen molar-refractivity contribution in [2.75, 3.05) is 4.72 Å². The number of carboxylic acids is 1. The first-order chi connectivity index (χ1) is 22.4. The van der Waals surface area contributed by atoms with E-state index < -0.39 is 39.4 Å². The molecule has 0 aliphatic carbocycles. The van der Waals surface area contributed by atoms with Crippen molar-refractivity contribution in [2.45, 2.75) is 88.3 Å². The Bertz CT molecular complexity index is 1710. The maximum atomic E-state index is 13.5. The van der Waals surface area contributed by atoms with Crippen LogP contribution in [0.2, 0.25) is 0 Å². The van der Waals surface area contributed by atoms with Crippen LogP contribution in [0.25, 0.3) is 0 Å². The predicted molar refractivity (Wildman–Crippen MR) is 176 cm³/mol. The Morgan fingerprint density at radius 3 is 2.40 bits per heavy atom. The molecule has 0 saturated carbocycles. The monoisotopic (exact) mass is 663 g/mol. The minimum atomic E-state index is -4.09. The van der Waals surface area contributed by atoms with Crippen molar-refractivity contribution in [3.8, 4) is 0 Å². The van der Waals surface area contributed by atoms with Crippen molar-refractivity contribution in [3.05, 3.63) is 101 Å². The lowest BCUT2D eigenvalue weighted by atomic mass is 9.80. The molecule has 11 nitrogen and oxygen atoms in total. The van der Waals surface area contributed by atoms with Gasteiger partial charge in [-0.15, -0.1) is 0 Å². The fourth-order valence-corrected chi connectivity index (χ4v) is 6.82. The van der Waals surface area contributed by atoms with Crippen molar-refractivity contribution in [2.24, 2.45) is 0 Å². The van der Waals surface area contributed by atoms with Gasteiger partial charge >= 0.3 is 11.9 Å². The van der Waals surface area contributed by atoms with Crippen LogP contribution in [-0.2, 0) is 42.1 Å². The van der Waals surface area contributed by atoms with E-state index in [9.17, 15) is 27.9 Å². The predicted octanol–water partition coefficient (Wildman–Crippen LogP) is 5.79. The number of carboxylic acid groups (broad SMARTS) is 1. The number of carbonyl (C=O) groups is 3. The topological polar surface area (TPSA) is 172 Å². The van der Waals surface area contributed by atoms with Gasteiger partial charge in [-0.25, -0.2) is 9.78 Å². The summed E-state index contributed by atoms with van der Waals surface area (Å²) >= 11 is 0. The molecule has 1 aliphatic heterocycles. The summed E-state index contributed by atoms with van der Waals surface area (Å²) in [5.74, 6) is -2.60. The Morgan fingerprint density at radius 2 is 1.77 bits per heavy atom. The normalized spacial score (nSPS) is 17.1. The summed E-state index contributed by atoms with van der Waals surface area (Å²) < 4.78 is 35.0. The van der Waals surface area contributed by atoms with Crippen LogP contribution in [0.4, 0.5) is 5.69 Å². The number of rotatable bonds is 16. The Hall–Kier alpha value is -4.71.